The Morgan fingerprint density at radius 3 is 1.41 bits per heavy atom. The van der Waals surface area contributed by atoms with E-state index < -0.39 is 0 Å². The first-order valence-electron chi connectivity index (χ1n) is 19.9. The zero-order valence-corrected chi connectivity index (χ0v) is 31.3. The van der Waals surface area contributed by atoms with E-state index in [2.05, 4.69) is 194 Å². The third-order valence-electron chi connectivity index (χ3n) is 12.4. The first-order chi connectivity index (χ1) is 28.8. The van der Waals surface area contributed by atoms with Crippen molar-refractivity contribution in [3.05, 3.63) is 194 Å². The molecule has 2 aromatic heterocycles. The Hall–Kier alpha value is -7.68. The van der Waals surface area contributed by atoms with E-state index in [9.17, 15) is 0 Å². The van der Waals surface area contributed by atoms with Gasteiger partial charge >= 0.3 is 0 Å². The van der Waals surface area contributed by atoms with Gasteiger partial charge in [0.05, 0.1) is 0 Å². The van der Waals surface area contributed by atoms with E-state index in [0.29, 0.717) is 0 Å². The molecule has 0 atom stereocenters. The van der Waals surface area contributed by atoms with Gasteiger partial charge in [-0.3, -0.25) is 0 Å². The van der Waals surface area contributed by atoms with Crippen molar-refractivity contribution in [3.8, 4) is 33.4 Å². The summed E-state index contributed by atoms with van der Waals surface area (Å²) in [6.45, 7) is 0. The predicted octanol–water partition coefficient (Wildman–Crippen LogP) is 16.3. The predicted molar refractivity (Wildman–Crippen MR) is 245 cm³/mol. The smallest absolute Gasteiger partial charge is 0.143 e. The molecule has 0 spiro atoms. The Labute approximate surface area is 332 Å². The van der Waals surface area contributed by atoms with Gasteiger partial charge in [-0.1, -0.05) is 164 Å². The van der Waals surface area contributed by atoms with Crippen LogP contribution >= 0.6 is 0 Å². The van der Waals surface area contributed by atoms with E-state index in [0.717, 1.165) is 54.8 Å². The minimum atomic E-state index is 0.862. The average molecular weight is 737 g/mol. The first-order valence-corrected chi connectivity index (χ1v) is 19.9. The molecule has 13 rings (SSSR count). The zero-order valence-electron chi connectivity index (χ0n) is 31.3. The molecule has 2 heteroatoms. The maximum absolute atomic E-state index is 6.59. The SMILES string of the molecule is c1ccc2c(-c3c4ccccc4c(-c4ccc(-c5ccc6oc7cc8c(cc7c6c5)oc5c6ccccc6ccc85)c5ccccc45)c4ccccc34)cccc2c1. The lowest BCUT2D eigenvalue weighted by Crippen LogP contribution is -1.93. The molecule has 2 heterocycles. The van der Waals surface area contributed by atoms with Crippen LogP contribution in [0.2, 0.25) is 0 Å². The van der Waals surface area contributed by atoms with E-state index in [-0.39, 0.29) is 0 Å². The van der Waals surface area contributed by atoms with Gasteiger partial charge in [-0.05, 0) is 112 Å². The molecule has 0 unspecified atom stereocenters. The highest BCUT2D eigenvalue weighted by Gasteiger charge is 2.21. The van der Waals surface area contributed by atoms with Crippen molar-refractivity contribution in [1.82, 2.24) is 0 Å². The highest BCUT2D eigenvalue weighted by molar-refractivity contribution is 6.26. The van der Waals surface area contributed by atoms with E-state index in [1.54, 1.807) is 0 Å². The van der Waals surface area contributed by atoms with Crippen molar-refractivity contribution in [1.29, 1.82) is 0 Å². The molecule has 2 nitrogen and oxygen atoms in total. The maximum Gasteiger partial charge on any atom is 0.143 e. The van der Waals surface area contributed by atoms with Crippen molar-refractivity contribution < 1.29 is 8.83 Å². The summed E-state index contributed by atoms with van der Waals surface area (Å²) in [5.41, 5.74) is 10.9. The quantitative estimate of drug-likeness (QED) is 0.169. The molecule has 13 aromatic rings. The molecule has 0 saturated heterocycles. The number of hydrogen-bond donors (Lipinski definition) is 0. The van der Waals surface area contributed by atoms with E-state index in [1.807, 2.05) is 0 Å². The van der Waals surface area contributed by atoms with E-state index >= 15 is 0 Å². The Kier molecular flexibility index (Phi) is 6.47. The normalized spacial score (nSPS) is 12.1. The van der Waals surface area contributed by atoms with Crippen LogP contribution in [0.4, 0.5) is 0 Å². The average Bonchev–Trinajstić information content (AvgIpc) is 3.84. The van der Waals surface area contributed by atoms with Gasteiger partial charge in [-0.2, -0.15) is 0 Å². The Morgan fingerprint density at radius 1 is 0.241 bits per heavy atom. The van der Waals surface area contributed by atoms with Crippen LogP contribution in [0.25, 0.3) is 131 Å². The summed E-state index contributed by atoms with van der Waals surface area (Å²) >= 11 is 0. The fraction of sp³-hybridized carbons (Fsp3) is 0. The van der Waals surface area contributed by atoms with Crippen molar-refractivity contribution in [2.24, 2.45) is 0 Å². The van der Waals surface area contributed by atoms with Crippen molar-refractivity contribution in [2.45, 2.75) is 0 Å². The second-order valence-electron chi connectivity index (χ2n) is 15.5. The first kappa shape index (κ1) is 31.5. The van der Waals surface area contributed by atoms with Gasteiger partial charge in [-0.15, -0.1) is 0 Å². The number of fused-ring (bicyclic) bond motifs is 12. The molecular formula is C56H32O2. The van der Waals surface area contributed by atoms with Crippen molar-refractivity contribution >= 4 is 97.7 Å². The van der Waals surface area contributed by atoms with Crippen LogP contribution in [0.3, 0.4) is 0 Å². The third kappa shape index (κ3) is 4.43. The Balaban J connectivity index is 1.02. The summed E-state index contributed by atoms with van der Waals surface area (Å²) in [5.74, 6) is 0. The molecule has 0 aliphatic carbocycles. The van der Waals surface area contributed by atoms with Crippen LogP contribution in [0, 0.1) is 0 Å². The van der Waals surface area contributed by atoms with Crippen LogP contribution in [0.1, 0.15) is 0 Å². The minimum absolute atomic E-state index is 0.862. The summed E-state index contributed by atoms with van der Waals surface area (Å²) in [4.78, 5) is 0. The fourth-order valence-corrected chi connectivity index (χ4v) is 9.86. The van der Waals surface area contributed by atoms with E-state index in [4.69, 9.17) is 8.83 Å². The van der Waals surface area contributed by atoms with Gasteiger partial charge < -0.3 is 8.83 Å². The highest BCUT2D eigenvalue weighted by Crippen LogP contribution is 2.48. The minimum Gasteiger partial charge on any atom is -0.456 e. The van der Waals surface area contributed by atoms with Gasteiger partial charge in [0.15, 0.2) is 0 Å². The van der Waals surface area contributed by atoms with Crippen LogP contribution in [0.15, 0.2) is 203 Å². The third-order valence-corrected chi connectivity index (χ3v) is 12.4. The van der Waals surface area contributed by atoms with Crippen LogP contribution in [-0.4, -0.2) is 0 Å². The van der Waals surface area contributed by atoms with E-state index in [1.165, 1.54) is 76.3 Å². The van der Waals surface area contributed by atoms with Crippen LogP contribution < -0.4 is 0 Å². The molecule has 0 radical (unpaired) electrons. The topological polar surface area (TPSA) is 26.3 Å². The molecule has 0 saturated carbocycles. The maximum atomic E-state index is 6.59. The second-order valence-corrected chi connectivity index (χ2v) is 15.5. The van der Waals surface area contributed by atoms with Crippen LogP contribution in [0.5, 0.6) is 0 Å². The lowest BCUT2D eigenvalue weighted by Gasteiger charge is -2.20. The summed E-state index contributed by atoms with van der Waals surface area (Å²) < 4.78 is 13.1. The monoisotopic (exact) mass is 736 g/mol. The summed E-state index contributed by atoms with van der Waals surface area (Å²) in [5, 5.41) is 16.6. The van der Waals surface area contributed by atoms with Gasteiger partial charge in [0.25, 0.3) is 0 Å². The molecule has 0 amide bonds. The van der Waals surface area contributed by atoms with Gasteiger partial charge in [0.1, 0.15) is 22.3 Å². The molecule has 11 aromatic carbocycles. The Morgan fingerprint density at radius 2 is 0.724 bits per heavy atom. The number of furan rings is 2. The highest BCUT2D eigenvalue weighted by atomic mass is 16.3. The number of hydrogen-bond acceptors (Lipinski definition) is 2. The zero-order chi connectivity index (χ0) is 37.9. The van der Waals surface area contributed by atoms with Crippen molar-refractivity contribution in [2.75, 3.05) is 0 Å². The van der Waals surface area contributed by atoms with Gasteiger partial charge in [0.2, 0.25) is 0 Å². The van der Waals surface area contributed by atoms with Crippen molar-refractivity contribution in [3.63, 3.8) is 0 Å². The molecule has 0 N–H and O–H groups in total. The standard InChI is InChI=1S/C56H32O2/c1-3-15-36-33(12-1)14-11-23-41(36)54-42-19-7-9-21-44(42)55(45-22-10-8-20-43(45)54)46-28-27-37(39-17-5-6-18-40(39)46)35-25-29-51-48(30-35)50-32-53-49(31-52(50)57-51)47-26-24-34-13-2-4-16-38(34)56(47)58-53/h1-32H. The van der Waals surface area contributed by atoms with Gasteiger partial charge in [0, 0.05) is 26.9 Å². The molecular weight excluding hydrogens is 705 g/mol. The number of benzene rings is 11. The number of rotatable bonds is 3. The Bertz CT molecular complexity index is 3800. The largest absolute Gasteiger partial charge is 0.456 e. The van der Waals surface area contributed by atoms with Crippen LogP contribution in [-0.2, 0) is 0 Å². The molecule has 0 aliphatic rings. The molecule has 0 aliphatic heterocycles. The summed E-state index contributed by atoms with van der Waals surface area (Å²) in [6.07, 6.45) is 0. The fourth-order valence-electron chi connectivity index (χ4n) is 9.86. The molecule has 0 bridgehead atoms. The molecule has 268 valence electrons. The summed E-state index contributed by atoms with van der Waals surface area (Å²) in [6, 6.07) is 70.5. The summed E-state index contributed by atoms with van der Waals surface area (Å²) in [7, 11) is 0. The lowest BCUT2D eigenvalue weighted by molar-refractivity contribution is 0.665. The second kappa shape index (κ2) is 11.9. The molecule has 0 fully saturated rings. The lowest BCUT2D eigenvalue weighted by atomic mass is 9.83. The van der Waals surface area contributed by atoms with Gasteiger partial charge in [-0.25, -0.2) is 0 Å². The molecule has 58 heavy (non-hydrogen) atoms.